The predicted molar refractivity (Wildman–Crippen MR) is 104 cm³/mol. The van der Waals surface area contributed by atoms with Crippen LogP contribution >= 0.6 is 0 Å². The smallest absolute Gasteiger partial charge is 0.250 e. The first-order chi connectivity index (χ1) is 12.8. The summed E-state index contributed by atoms with van der Waals surface area (Å²) in [6.45, 7) is 9.54. The molecular formula is C20H33N5O2. The Morgan fingerprint density at radius 1 is 1.30 bits per heavy atom. The van der Waals surface area contributed by atoms with Crippen LogP contribution in [0.3, 0.4) is 0 Å². The maximum atomic E-state index is 13.6. The quantitative estimate of drug-likeness (QED) is 0.833. The van der Waals surface area contributed by atoms with E-state index in [4.69, 9.17) is 0 Å². The van der Waals surface area contributed by atoms with Crippen molar-refractivity contribution >= 4 is 11.8 Å². The number of nitrogens with zero attached hydrogens (tertiary/aromatic N) is 3. The Bertz CT molecular complexity index is 644. The van der Waals surface area contributed by atoms with Crippen molar-refractivity contribution in [1.82, 2.24) is 25.3 Å². The average molecular weight is 376 g/mol. The number of carbonyl (C=O) groups is 2. The Labute approximate surface area is 161 Å². The van der Waals surface area contributed by atoms with Crippen LogP contribution in [0.5, 0.6) is 0 Å². The number of amides is 2. The van der Waals surface area contributed by atoms with E-state index < -0.39 is 5.54 Å². The summed E-state index contributed by atoms with van der Waals surface area (Å²) in [4.78, 5) is 27.7. The average Bonchev–Trinajstić information content (AvgIpc) is 3.21. The molecule has 1 aromatic rings. The van der Waals surface area contributed by atoms with Crippen LogP contribution in [-0.4, -0.2) is 59.2 Å². The maximum absolute atomic E-state index is 13.6. The van der Waals surface area contributed by atoms with Crippen LogP contribution in [0, 0.1) is 11.3 Å². The molecule has 150 valence electrons. The number of piperidine rings is 2. The Morgan fingerprint density at radius 2 is 2.04 bits per heavy atom. The molecule has 0 bridgehead atoms. The summed E-state index contributed by atoms with van der Waals surface area (Å²) in [6.07, 6.45) is 7.21. The number of rotatable bonds is 4. The summed E-state index contributed by atoms with van der Waals surface area (Å²) in [5, 5.41) is 10.8. The van der Waals surface area contributed by atoms with Crippen molar-refractivity contribution in [1.29, 1.82) is 0 Å². The monoisotopic (exact) mass is 375 g/mol. The summed E-state index contributed by atoms with van der Waals surface area (Å²) in [7, 11) is 0. The molecule has 2 fully saturated rings. The summed E-state index contributed by atoms with van der Waals surface area (Å²) in [6, 6.07) is 1.89. The van der Waals surface area contributed by atoms with E-state index >= 15 is 0 Å². The van der Waals surface area contributed by atoms with Gasteiger partial charge in [0.05, 0.1) is 0 Å². The van der Waals surface area contributed by atoms with Crippen LogP contribution in [-0.2, 0) is 15.1 Å². The summed E-state index contributed by atoms with van der Waals surface area (Å²) in [5.41, 5.74) is -0.964. The molecule has 0 aromatic carbocycles. The Morgan fingerprint density at radius 3 is 2.67 bits per heavy atom. The zero-order valence-electron chi connectivity index (χ0n) is 16.8. The highest BCUT2D eigenvalue weighted by molar-refractivity contribution is 5.85. The number of carbonyl (C=O) groups excluding carboxylic acids is 2. The number of nitrogens with one attached hydrogen (secondary N) is 2. The molecule has 0 spiro atoms. The van der Waals surface area contributed by atoms with E-state index in [1.165, 1.54) is 0 Å². The first kappa shape index (κ1) is 19.9. The fraction of sp³-hybridized carbons (Fsp3) is 0.750. The predicted octanol–water partition coefficient (Wildman–Crippen LogP) is 1.36. The highest BCUT2D eigenvalue weighted by atomic mass is 16.2. The molecule has 1 atom stereocenters. The lowest BCUT2D eigenvalue weighted by molar-refractivity contribution is -0.145. The van der Waals surface area contributed by atoms with Gasteiger partial charge in [0.2, 0.25) is 5.91 Å². The Hall–Kier alpha value is -1.89. The lowest BCUT2D eigenvalue weighted by atomic mass is 9.85. The van der Waals surface area contributed by atoms with Crippen LogP contribution < -0.4 is 10.6 Å². The molecule has 27 heavy (non-hydrogen) atoms. The van der Waals surface area contributed by atoms with E-state index in [0.29, 0.717) is 19.0 Å². The molecule has 1 unspecified atom stereocenters. The molecule has 0 saturated carbocycles. The van der Waals surface area contributed by atoms with Crippen LogP contribution in [0.1, 0.15) is 46.5 Å². The van der Waals surface area contributed by atoms with Gasteiger partial charge in [-0.15, -0.1) is 0 Å². The molecular weight excluding hydrogens is 342 g/mol. The fourth-order valence-electron chi connectivity index (χ4n) is 4.12. The molecule has 7 nitrogen and oxygen atoms in total. The van der Waals surface area contributed by atoms with Crippen LogP contribution in [0.2, 0.25) is 0 Å². The molecule has 2 aliphatic rings. The fourth-order valence-corrected chi connectivity index (χ4v) is 4.12. The first-order valence-corrected chi connectivity index (χ1v) is 10.1. The number of aromatic nitrogens is 2. The third-order valence-corrected chi connectivity index (χ3v) is 5.81. The van der Waals surface area contributed by atoms with Crippen molar-refractivity contribution in [2.45, 2.75) is 52.0 Å². The minimum atomic E-state index is -0.578. The molecule has 0 radical (unpaired) electrons. The summed E-state index contributed by atoms with van der Waals surface area (Å²) < 4.78 is 1.86. The number of hydrogen-bond donors (Lipinski definition) is 2. The van der Waals surface area contributed by atoms with Gasteiger partial charge in [0.25, 0.3) is 5.91 Å². The largest absolute Gasteiger partial charge is 0.355 e. The van der Waals surface area contributed by atoms with Crippen molar-refractivity contribution in [3.8, 4) is 0 Å². The third-order valence-electron chi connectivity index (χ3n) is 5.81. The Balaban J connectivity index is 1.67. The van der Waals surface area contributed by atoms with Gasteiger partial charge >= 0.3 is 0 Å². The van der Waals surface area contributed by atoms with Crippen LogP contribution in [0.4, 0.5) is 0 Å². The summed E-state index contributed by atoms with van der Waals surface area (Å²) in [5.74, 6) is 0.558. The molecule has 2 N–H and O–H groups in total. The molecule has 1 aromatic heterocycles. The zero-order valence-corrected chi connectivity index (χ0v) is 16.8. The van der Waals surface area contributed by atoms with Gasteiger partial charge in [0.15, 0.2) is 0 Å². The van der Waals surface area contributed by atoms with E-state index in [1.807, 2.05) is 42.6 Å². The first-order valence-electron chi connectivity index (χ1n) is 10.1. The second kappa shape index (κ2) is 8.00. The molecule has 2 saturated heterocycles. The van der Waals surface area contributed by atoms with E-state index in [0.717, 1.165) is 45.3 Å². The zero-order chi connectivity index (χ0) is 19.5. The molecule has 2 amide bonds. The van der Waals surface area contributed by atoms with E-state index in [2.05, 4.69) is 15.7 Å². The molecule has 3 rings (SSSR count). The second-order valence-electron chi connectivity index (χ2n) is 8.95. The highest BCUT2D eigenvalue weighted by Crippen LogP contribution is 2.31. The second-order valence-corrected chi connectivity index (χ2v) is 8.95. The van der Waals surface area contributed by atoms with Crippen molar-refractivity contribution in [3.05, 3.63) is 18.5 Å². The maximum Gasteiger partial charge on any atom is 0.250 e. The minimum absolute atomic E-state index is 0.0670. The van der Waals surface area contributed by atoms with Gasteiger partial charge in [-0.2, -0.15) is 5.10 Å². The highest BCUT2D eigenvalue weighted by Gasteiger charge is 2.45. The van der Waals surface area contributed by atoms with Crippen LogP contribution in [0.15, 0.2) is 18.5 Å². The normalized spacial score (nSPS) is 23.1. The lowest BCUT2D eigenvalue weighted by Crippen LogP contribution is -2.57. The van der Waals surface area contributed by atoms with Gasteiger partial charge in [-0.05, 0) is 50.8 Å². The molecule has 3 heterocycles. The minimum Gasteiger partial charge on any atom is -0.355 e. The van der Waals surface area contributed by atoms with E-state index in [-0.39, 0.29) is 17.2 Å². The lowest BCUT2D eigenvalue weighted by Gasteiger charge is -2.42. The van der Waals surface area contributed by atoms with Crippen LogP contribution in [0.25, 0.3) is 0 Å². The van der Waals surface area contributed by atoms with Crippen molar-refractivity contribution < 1.29 is 9.59 Å². The molecule has 0 aliphatic carbocycles. The number of likely N-dealkylation sites (tertiary alicyclic amines) is 1. The molecule has 2 aliphatic heterocycles. The van der Waals surface area contributed by atoms with Gasteiger partial charge in [0, 0.05) is 37.4 Å². The number of hydrogen-bond acceptors (Lipinski definition) is 4. The topological polar surface area (TPSA) is 79.3 Å². The van der Waals surface area contributed by atoms with Crippen molar-refractivity contribution in [2.75, 3.05) is 32.7 Å². The van der Waals surface area contributed by atoms with Gasteiger partial charge in [-0.3, -0.25) is 14.3 Å². The van der Waals surface area contributed by atoms with E-state index in [1.54, 1.807) is 6.20 Å². The summed E-state index contributed by atoms with van der Waals surface area (Å²) >= 11 is 0. The Kier molecular flexibility index (Phi) is 5.89. The SMILES string of the molecule is CC(C)(C)C(=O)NCC1CCCN(C(=O)C2(n3cccn3)CCNCC2)C1. The van der Waals surface area contributed by atoms with Gasteiger partial charge < -0.3 is 15.5 Å². The van der Waals surface area contributed by atoms with Crippen molar-refractivity contribution in [3.63, 3.8) is 0 Å². The third kappa shape index (κ3) is 4.34. The van der Waals surface area contributed by atoms with E-state index in [9.17, 15) is 9.59 Å². The van der Waals surface area contributed by atoms with Gasteiger partial charge in [-0.1, -0.05) is 20.8 Å². The van der Waals surface area contributed by atoms with Gasteiger partial charge in [0.1, 0.15) is 5.54 Å². The van der Waals surface area contributed by atoms with Gasteiger partial charge in [-0.25, -0.2) is 0 Å². The molecule has 7 heteroatoms. The van der Waals surface area contributed by atoms with Crippen molar-refractivity contribution in [2.24, 2.45) is 11.3 Å². The standard InChI is InChI=1S/C20H33N5O2/c1-19(2,3)17(26)22-14-16-6-4-12-24(15-16)18(27)20(7-10-21-11-8-20)25-13-5-9-23-25/h5,9,13,16,21H,4,6-8,10-12,14-15H2,1-3H3,(H,22,26).